The maximum absolute atomic E-state index is 8.74. The topological polar surface area (TPSA) is 24.1 Å². The van der Waals surface area contributed by atoms with Crippen LogP contribution in [0, 0.1) is 19.3 Å². The molecule has 1 aromatic rings. The summed E-state index contributed by atoms with van der Waals surface area (Å²) in [6, 6.07) is 0. The van der Waals surface area contributed by atoms with E-state index in [1.54, 1.807) is 11.3 Å². The van der Waals surface area contributed by atoms with E-state index < -0.39 is 0 Å². The van der Waals surface area contributed by atoms with Crippen molar-refractivity contribution in [1.82, 2.24) is 0 Å². The summed E-state index contributed by atoms with van der Waals surface area (Å²) in [7, 11) is 0. The maximum Gasteiger partial charge on any atom is 0.226 e. The Labute approximate surface area is 93.0 Å². The number of aliphatic hydroxyl groups excluding tert-OH is 1. The van der Waals surface area contributed by atoms with Gasteiger partial charge in [0.25, 0.3) is 0 Å². The highest BCUT2D eigenvalue weighted by molar-refractivity contribution is 7.09. The van der Waals surface area contributed by atoms with Crippen LogP contribution in [-0.2, 0) is 13.0 Å². The molecule has 0 radical (unpaired) electrons. The van der Waals surface area contributed by atoms with Crippen LogP contribution >= 0.6 is 11.3 Å². The van der Waals surface area contributed by atoms with E-state index in [4.69, 9.17) is 11.5 Å². The average molecular weight is 262 g/mol. The Bertz CT molecular complexity index is 303. The van der Waals surface area contributed by atoms with Crippen molar-refractivity contribution in [3.8, 4) is 12.3 Å². The van der Waals surface area contributed by atoms with Gasteiger partial charge in [-0.15, -0.1) is 6.42 Å². The predicted molar refractivity (Wildman–Crippen MR) is 48.9 cm³/mol. The predicted octanol–water partition coefficient (Wildman–Crippen LogP) is -2.48. The van der Waals surface area contributed by atoms with Gasteiger partial charge < -0.3 is 22.1 Å². The van der Waals surface area contributed by atoms with E-state index in [0.29, 0.717) is 6.54 Å². The molecule has 4 heteroatoms. The van der Waals surface area contributed by atoms with Gasteiger partial charge >= 0.3 is 0 Å². The number of aromatic nitrogens is 1. The van der Waals surface area contributed by atoms with Gasteiger partial charge in [0.2, 0.25) is 12.1 Å². The van der Waals surface area contributed by atoms with Gasteiger partial charge in [0.1, 0.15) is 0 Å². The molecule has 0 aliphatic rings. The van der Waals surface area contributed by atoms with E-state index in [9.17, 15) is 0 Å². The molecule has 0 amide bonds. The van der Waals surface area contributed by atoms with Gasteiger partial charge in [-0.1, -0.05) is 11.3 Å². The fourth-order valence-corrected chi connectivity index (χ4v) is 2.03. The van der Waals surface area contributed by atoms with E-state index >= 15 is 0 Å². The Kier molecular flexibility index (Phi) is 5.97. The SMILES string of the molecule is C#CC[n+]1csc(CCO)c1C.[Br-]. The summed E-state index contributed by atoms with van der Waals surface area (Å²) in [5.41, 5.74) is 3.17. The van der Waals surface area contributed by atoms with E-state index in [1.807, 2.05) is 17.0 Å². The first kappa shape index (κ1) is 12.6. The summed E-state index contributed by atoms with van der Waals surface area (Å²) >= 11 is 1.65. The zero-order valence-electron chi connectivity index (χ0n) is 7.46. The number of hydrogen-bond donors (Lipinski definition) is 1. The Hall–Kier alpha value is -0.370. The number of halogens is 1. The van der Waals surface area contributed by atoms with Crippen LogP contribution in [-0.4, -0.2) is 11.7 Å². The number of hydrogen-bond acceptors (Lipinski definition) is 2. The van der Waals surface area contributed by atoms with Crippen LogP contribution in [0.5, 0.6) is 0 Å². The minimum atomic E-state index is 0. The van der Waals surface area contributed by atoms with Crippen molar-refractivity contribution in [3.63, 3.8) is 0 Å². The molecule has 0 fully saturated rings. The molecule has 1 rings (SSSR count). The van der Waals surface area contributed by atoms with Gasteiger partial charge in [0.15, 0.2) is 5.69 Å². The lowest BCUT2D eigenvalue weighted by Gasteiger charge is -1.90. The molecule has 1 heterocycles. The average Bonchev–Trinajstić information content (AvgIpc) is 2.38. The molecule has 0 atom stereocenters. The molecule has 1 aromatic heterocycles. The van der Waals surface area contributed by atoms with Crippen molar-refractivity contribution in [3.05, 3.63) is 16.1 Å². The van der Waals surface area contributed by atoms with Crippen LogP contribution in [0.15, 0.2) is 5.51 Å². The number of thiazole rings is 1. The molecule has 0 spiro atoms. The second-order valence-electron chi connectivity index (χ2n) is 2.54. The Morgan fingerprint density at radius 2 is 2.38 bits per heavy atom. The van der Waals surface area contributed by atoms with Crippen LogP contribution in [0.25, 0.3) is 0 Å². The molecule has 0 unspecified atom stereocenters. The molecule has 0 saturated carbocycles. The van der Waals surface area contributed by atoms with E-state index in [1.165, 1.54) is 10.6 Å². The van der Waals surface area contributed by atoms with Crippen molar-refractivity contribution in [2.24, 2.45) is 0 Å². The lowest BCUT2D eigenvalue weighted by molar-refractivity contribution is -0.686. The Morgan fingerprint density at radius 1 is 1.69 bits per heavy atom. The number of rotatable bonds is 3. The van der Waals surface area contributed by atoms with Crippen LogP contribution in [0.2, 0.25) is 0 Å². The minimum Gasteiger partial charge on any atom is -1.00 e. The monoisotopic (exact) mass is 261 g/mol. The number of terminal acetylenes is 1. The van der Waals surface area contributed by atoms with Crippen molar-refractivity contribution in [2.45, 2.75) is 19.9 Å². The van der Waals surface area contributed by atoms with Crippen LogP contribution in [0.4, 0.5) is 0 Å². The van der Waals surface area contributed by atoms with Gasteiger partial charge in [-0.3, -0.25) is 0 Å². The van der Waals surface area contributed by atoms with Gasteiger partial charge in [0, 0.05) is 20.0 Å². The third-order valence-electron chi connectivity index (χ3n) is 1.76. The van der Waals surface area contributed by atoms with Crippen LogP contribution in [0.1, 0.15) is 10.6 Å². The fraction of sp³-hybridized carbons (Fsp3) is 0.444. The quantitative estimate of drug-likeness (QED) is 0.473. The molecule has 1 N–H and O–H groups in total. The molecule has 2 nitrogen and oxygen atoms in total. The van der Waals surface area contributed by atoms with Crippen LogP contribution < -0.4 is 21.5 Å². The standard InChI is InChI=1S/C9H12NOS.BrH/c1-3-5-10-7-12-9(4-6-11)8(10)2;/h1,7,11H,4-6H2,2H3;1H/q+1;/p-1. The third-order valence-corrected chi connectivity index (χ3v) is 2.90. The summed E-state index contributed by atoms with van der Waals surface area (Å²) in [4.78, 5) is 1.22. The lowest BCUT2D eigenvalue weighted by Crippen LogP contribution is -3.00. The van der Waals surface area contributed by atoms with E-state index in [2.05, 4.69) is 5.92 Å². The number of aliphatic hydroxyl groups is 1. The molecule has 0 saturated heterocycles. The lowest BCUT2D eigenvalue weighted by atomic mass is 10.3. The summed E-state index contributed by atoms with van der Waals surface area (Å²) in [6.07, 6.45) is 5.93. The van der Waals surface area contributed by atoms with Gasteiger partial charge in [-0.2, -0.15) is 4.57 Å². The van der Waals surface area contributed by atoms with Gasteiger partial charge in [-0.25, -0.2) is 0 Å². The normalized spacial score (nSPS) is 9.00. The van der Waals surface area contributed by atoms with E-state index in [-0.39, 0.29) is 23.6 Å². The largest absolute Gasteiger partial charge is 1.00 e. The Morgan fingerprint density at radius 3 is 2.92 bits per heavy atom. The first-order chi connectivity index (χ1) is 5.79. The molecule has 0 aromatic carbocycles. The molecule has 13 heavy (non-hydrogen) atoms. The highest BCUT2D eigenvalue weighted by Gasteiger charge is 2.12. The maximum atomic E-state index is 8.74. The van der Waals surface area contributed by atoms with Crippen molar-refractivity contribution in [1.29, 1.82) is 0 Å². The zero-order chi connectivity index (χ0) is 8.97. The molecule has 0 aliphatic heterocycles. The van der Waals surface area contributed by atoms with Crippen molar-refractivity contribution >= 4 is 11.3 Å². The molecule has 0 aliphatic carbocycles. The third kappa shape index (κ3) is 3.11. The number of nitrogens with zero attached hydrogens (tertiary/aromatic N) is 1. The van der Waals surface area contributed by atoms with Crippen molar-refractivity contribution < 1.29 is 26.7 Å². The first-order valence-corrected chi connectivity index (χ1v) is 4.68. The summed E-state index contributed by atoms with van der Waals surface area (Å²) in [5, 5.41) is 8.74. The van der Waals surface area contributed by atoms with Crippen LogP contribution in [0.3, 0.4) is 0 Å². The highest BCUT2D eigenvalue weighted by Crippen LogP contribution is 2.10. The van der Waals surface area contributed by atoms with Gasteiger partial charge in [0.05, 0.1) is 4.88 Å². The molecule has 0 bridgehead atoms. The summed E-state index contributed by atoms with van der Waals surface area (Å²) in [5.74, 6) is 2.59. The van der Waals surface area contributed by atoms with E-state index in [0.717, 1.165) is 6.42 Å². The Balaban J connectivity index is 0.00000144. The smallest absolute Gasteiger partial charge is 0.226 e. The second kappa shape index (κ2) is 6.14. The molecular formula is C9H12BrNOS. The first-order valence-electron chi connectivity index (χ1n) is 3.80. The summed E-state index contributed by atoms with van der Waals surface area (Å²) < 4.78 is 2.02. The minimum absolute atomic E-state index is 0. The molecule has 72 valence electrons. The van der Waals surface area contributed by atoms with Crippen molar-refractivity contribution in [2.75, 3.05) is 6.61 Å². The zero-order valence-corrected chi connectivity index (χ0v) is 9.86. The van der Waals surface area contributed by atoms with Gasteiger partial charge in [-0.05, 0) is 5.92 Å². The second-order valence-corrected chi connectivity index (χ2v) is 3.48. The summed E-state index contributed by atoms with van der Waals surface area (Å²) in [6.45, 7) is 2.85. The highest BCUT2D eigenvalue weighted by atomic mass is 79.9. The molecular weight excluding hydrogens is 250 g/mol. The fourth-order valence-electron chi connectivity index (χ4n) is 1.05.